The number of esters is 1. The Morgan fingerprint density at radius 1 is 1.00 bits per heavy atom. The van der Waals surface area contributed by atoms with E-state index in [4.69, 9.17) is 17.0 Å². The van der Waals surface area contributed by atoms with E-state index in [-0.39, 0.29) is 56.4 Å². The standard InChI is InChI=1S/C28H18F6N2O6S3/c1-13(37)42-21-10-18(2-3-20(21)25(40)41)35-23(38)4-5-36-24(39)22(45-26(36)43)11-19-8-15(12-44-19)14-6-16(27(29,30)31)9-17(7-14)28(32,33)34/h2-3,6-12H,4-5H2,1H3,(H,35,38)(H,40,41)/b22-11-. The molecule has 0 radical (unpaired) electrons. The molecule has 1 aliphatic heterocycles. The number of carbonyl (C=O) groups excluding carboxylic acids is 3. The number of thiophene rings is 1. The molecule has 236 valence electrons. The van der Waals surface area contributed by atoms with Crippen molar-refractivity contribution in [3.8, 4) is 16.9 Å². The number of nitrogens with one attached hydrogen (secondary N) is 1. The van der Waals surface area contributed by atoms with Gasteiger partial charge < -0.3 is 15.2 Å². The molecule has 1 aromatic heterocycles. The molecule has 1 saturated heterocycles. The van der Waals surface area contributed by atoms with E-state index in [9.17, 15) is 50.6 Å². The largest absolute Gasteiger partial charge is 0.478 e. The average molecular weight is 689 g/mol. The maximum absolute atomic E-state index is 13.3. The fraction of sp³-hybridized carbons (Fsp3) is 0.179. The van der Waals surface area contributed by atoms with Crippen LogP contribution >= 0.6 is 35.3 Å². The number of benzene rings is 2. The van der Waals surface area contributed by atoms with Gasteiger partial charge in [0, 0.05) is 36.5 Å². The number of nitrogens with zero attached hydrogens (tertiary/aromatic N) is 1. The minimum Gasteiger partial charge on any atom is -0.478 e. The minimum atomic E-state index is -5.00. The fourth-order valence-corrected chi connectivity index (χ4v) is 6.20. The number of ether oxygens (including phenoxy) is 1. The first kappa shape index (κ1) is 33.7. The van der Waals surface area contributed by atoms with Crippen molar-refractivity contribution in [2.75, 3.05) is 11.9 Å². The van der Waals surface area contributed by atoms with Crippen molar-refractivity contribution in [3.05, 3.63) is 74.3 Å². The summed E-state index contributed by atoms with van der Waals surface area (Å²) in [5, 5.41) is 13.1. The molecule has 0 bridgehead atoms. The monoisotopic (exact) mass is 688 g/mol. The molecule has 45 heavy (non-hydrogen) atoms. The molecular formula is C28H18F6N2O6S3. The maximum Gasteiger partial charge on any atom is 0.416 e. The number of thiocarbonyl (C=S) groups is 1. The first-order valence-corrected chi connectivity index (χ1v) is 14.5. The Labute approximate surface area is 263 Å². The van der Waals surface area contributed by atoms with Crippen LogP contribution in [0.25, 0.3) is 17.2 Å². The number of amides is 2. The Kier molecular flexibility index (Phi) is 9.74. The van der Waals surface area contributed by atoms with Crippen LogP contribution in [0.15, 0.2) is 52.7 Å². The molecule has 0 saturated carbocycles. The molecule has 0 aliphatic carbocycles. The molecule has 0 unspecified atom stereocenters. The third-order valence-electron chi connectivity index (χ3n) is 6.00. The quantitative estimate of drug-likeness (QED) is 0.0834. The number of aromatic carboxylic acids is 1. The molecular weight excluding hydrogens is 671 g/mol. The zero-order chi connectivity index (χ0) is 33.3. The molecule has 4 rings (SSSR count). The lowest BCUT2D eigenvalue weighted by atomic mass is 10.0. The maximum atomic E-state index is 13.3. The van der Waals surface area contributed by atoms with Crippen LogP contribution in [-0.2, 0) is 26.7 Å². The first-order chi connectivity index (χ1) is 20.9. The number of carbonyl (C=O) groups is 4. The molecule has 17 heteroatoms. The van der Waals surface area contributed by atoms with Gasteiger partial charge in [-0.1, -0.05) is 24.0 Å². The van der Waals surface area contributed by atoms with Gasteiger partial charge in [-0.3, -0.25) is 19.3 Å². The van der Waals surface area contributed by atoms with Crippen LogP contribution in [0.3, 0.4) is 0 Å². The number of carboxylic acid groups (broad SMARTS) is 1. The number of rotatable bonds is 8. The molecule has 1 fully saturated rings. The van der Waals surface area contributed by atoms with E-state index in [1.54, 1.807) is 0 Å². The van der Waals surface area contributed by atoms with Crippen LogP contribution in [0.4, 0.5) is 32.0 Å². The molecule has 2 N–H and O–H groups in total. The minimum absolute atomic E-state index is 0.0394. The Hall–Kier alpha value is -4.22. The van der Waals surface area contributed by atoms with Gasteiger partial charge in [-0.25, -0.2) is 4.79 Å². The number of anilines is 1. The molecule has 2 heterocycles. The number of thioether (sulfide) groups is 1. The zero-order valence-corrected chi connectivity index (χ0v) is 25.0. The normalized spacial score (nSPS) is 14.6. The predicted molar refractivity (Wildman–Crippen MR) is 158 cm³/mol. The Bertz CT molecular complexity index is 1720. The topological polar surface area (TPSA) is 113 Å². The highest BCUT2D eigenvalue weighted by molar-refractivity contribution is 8.26. The van der Waals surface area contributed by atoms with Gasteiger partial charge in [0.15, 0.2) is 0 Å². The van der Waals surface area contributed by atoms with E-state index in [1.807, 2.05) is 0 Å². The molecule has 2 aromatic carbocycles. The predicted octanol–water partition coefficient (Wildman–Crippen LogP) is 7.31. The highest BCUT2D eigenvalue weighted by Crippen LogP contribution is 2.40. The molecule has 2 amide bonds. The van der Waals surface area contributed by atoms with Crippen LogP contribution < -0.4 is 10.1 Å². The van der Waals surface area contributed by atoms with Gasteiger partial charge in [-0.15, -0.1) is 11.3 Å². The third-order valence-corrected chi connectivity index (χ3v) is 8.26. The highest BCUT2D eigenvalue weighted by Gasteiger charge is 2.37. The summed E-state index contributed by atoms with van der Waals surface area (Å²) in [6.45, 7) is 0.937. The summed E-state index contributed by atoms with van der Waals surface area (Å²) in [5.74, 6) is -3.54. The highest BCUT2D eigenvalue weighted by atomic mass is 32.2. The Morgan fingerprint density at radius 3 is 2.22 bits per heavy atom. The molecule has 0 atom stereocenters. The van der Waals surface area contributed by atoms with Crippen LogP contribution in [0.5, 0.6) is 5.75 Å². The number of hydrogen-bond acceptors (Lipinski definition) is 8. The van der Waals surface area contributed by atoms with Crippen molar-refractivity contribution in [3.63, 3.8) is 0 Å². The molecule has 1 aliphatic rings. The van der Waals surface area contributed by atoms with Gasteiger partial charge in [0.2, 0.25) is 5.91 Å². The summed E-state index contributed by atoms with van der Waals surface area (Å²) in [4.78, 5) is 49.8. The van der Waals surface area contributed by atoms with Crippen molar-refractivity contribution in [1.82, 2.24) is 4.90 Å². The lowest BCUT2D eigenvalue weighted by Crippen LogP contribution is -2.31. The van der Waals surface area contributed by atoms with Gasteiger partial charge in [0.1, 0.15) is 15.6 Å². The summed E-state index contributed by atoms with van der Waals surface area (Å²) >= 11 is 7.14. The number of halogens is 6. The lowest BCUT2D eigenvalue weighted by molar-refractivity contribution is -0.143. The molecule has 8 nitrogen and oxygen atoms in total. The second-order valence-electron chi connectivity index (χ2n) is 9.27. The summed E-state index contributed by atoms with van der Waals surface area (Å²) in [6.07, 6.45) is -8.84. The van der Waals surface area contributed by atoms with E-state index in [0.717, 1.165) is 47.1 Å². The van der Waals surface area contributed by atoms with Crippen molar-refractivity contribution in [2.24, 2.45) is 0 Å². The number of hydrogen-bond donors (Lipinski definition) is 2. The second-order valence-corrected chi connectivity index (χ2v) is 11.9. The zero-order valence-electron chi connectivity index (χ0n) is 22.5. The molecule has 3 aromatic rings. The number of carboxylic acids is 1. The third kappa shape index (κ3) is 8.29. The SMILES string of the molecule is CC(=O)Oc1cc(NC(=O)CCN2C(=O)/C(=C/c3cc(-c4cc(C(F)(F)F)cc(C(F)(F)F)c4)cs3)SC2=S)ccc1C(=O)O. The Morgan fingerprint density at radius 2 is 1.64 bits per heavy atom. The van der Waals surface area contributed by atoms with Gasteiger partial charge in [0.25, 0.3) is 5.91 Å². The Balaban J connectivity index is 1.45. The van der Waals surface area contributed by atoms with Crippen molar-refractivity contribution in [2.45, 2.75) is 25.7 Å². The van der Waals surface area contributed by atoms with E-state index >= 15 is 0 Å². The summed E-state index contributed by atoms with van der Waals surface area (Å²) in [7, 11) is 0. The van der Waals surface area contributed by atoms with E-state index in [1.165, 1.54) is 23.6 Å². The van der Waals surface area contributed by atoms with Gasteiger partial charge in [-0.2, -0.15) is 26.3 Å². The van der Waals surface area contributed by atoms with E-state index in [0.29, 0.717) is 17.0 Å². The number of alkyl halides is 6. The lowest BCUT2D eigenvalue weighted by Gasteiger charge is -2.14. The van der Waals surface area contributed by atoms with Crippen LogP contribution in [-0.4, -0.2) is 44.6 Å². The van der Waals surface area contributed by atoms with Gasteiger partial charge in [0.05, 0.1) is 16.0 Å². The molecule has 0 spiro atoms. The first-order valence-electron chi connectivity index (χ1n) is 12.4. The summed E-state index contributed by atoms with van der Waals surface area (Å²) in [6, 6.07) is 6.20. The van der Waals surface area contributed by atoms with Crippen molar-refractivity contribution < 1.29 is 55.4 Å². The van der Waals surface area contributed by atoms with E-state index in [2.05, 4.69) is 5.32 Å². The fourth-order valence-electron chi connectivity index (χ4n) is 3.98. The average Bonchev–Trinajstić information content (AvgIpc) is 3.49. The van der Waals surface area contributed by atoms with E-state index < -0.39 is 47.2 Å². The van der Waals surface area contributed by atoms with Crippen molar-refractivity contribution >= 4 is 75.2 Å². The smallest absolute Gasteiger partial charge is 0.416 e. The van der Waals surface area contributed by atoms with Gasteiger partial charge >= 0.3 is 24.3 Å². The van der Waals surface area contributed by atoms with Crippen molar-refractivity contribution in [1.29, 1.82) is 0 Å². The van der Waals surface area contributed by atoms with Crippen LogP contribution in [0, 0.1) is 0 Å². The summed E-state index contributed by atoms with van der Waals surface area (Å²) in [5.41, 5.74) is -3.29. The van der Waals surface area contributed by atoms with Gasteiger partial charge in [-0.05, 0) is 59.0 Å². The second kappa shape index (κ2) is 13.0. The summed E-state index contributed by atoms with van der Waals surface area (Å²) < 4.78 is 84.6. The van der Waals surface area contributed by atoms with Crippen LogP contribution in [0.2, 0.25) is 0 Å². The van der Waals surface area contributed by atoms with Crippen LogP contribution in [0.1, 0.15) is 39.7 Å².